The van der Waals surface area contributed by atoms with Crippen LogP contribution in [0, 0.1) is 33.8 Å². The van der Waals surface area contributed by atoms with Crippen LogP contribution in [0.1, 0.15) is 39.8 Å². The fourth-order valence-corrected chi connectivity index (χ4v) is 4.73. The van der Waals surface area contributed by atoms with Gasteiger partial charge < -0.3 is 24.8 Å². The molecule has 3 heteroatoms. The maximum atomic E-state index is 2.99. The van der Waals surface area contributed by atoms with Gasteiger partial charge in [-0.15, -0.1) is 46.2 Å². The van der Waals surface area contributed by atoms with Gasteiger partial charge in [0.25, 0.3) is 0 Å². The van der Waals surface area contributed by atoms with Crippen LogP contribution in [0.3, 0.4) is 0 Å². The molecule has 0 N–H and O–H groups in total. The summed E-state index contributed by atoms with van der Waals surface area (Å²) in [6.45, 7) is 8.51. The Hall–Kier alpha value is -2.61. The fraction of sp³-hybridized carbons (Fsp3) is 0.143. The minimum Gasteiger partial charge on any atom is -1.00 e. The van der Waals surface area contributed by atoms with E-state index in [1.165, 1.54) is 58.7 Å². The Morgan fingerprint density at radius 3 is 1.39 bits per heavy atom. The van der Waals surface area contributed by atoms with E-state index in [0.717, 1.165) is 6.42 Å². The van der Waals surface area contributed by atoms with Crippen molar-refractivity contribution < 1.29 is 44.8 Å². The number of aryl methyl sites for hydroxylation is 4. The van der Waals surface area contributed by atoms with Crippen molar-refractivity contribution in [2.24, 2.45) is 0 Å². The molecule has 0 spiro atoms. The Kier molecular flexibility index (Phi) is 12.6. The predicted molar refractivity (Wildman–Crippen MR) is 154 cm³/mol. The zero-order valence-corrected chi connectivity index (χ0v) is 25.4. The van der Waals surface area contributed by atoms with Crippen LogP contribution in [0.25, 0.3) is 21.5 Å². The number of benzene rings is 4. The number of halogens is 2. The van der Waals surface area contributed by atoms with Gasteiger partial charge in [0, 0.05) is 0 Å². The Bertz CT molecular complexity index is 1420. The van der Waals surface area contributed by atoms with Crippen molar-refractivity contribution in [3.05, 3.63) is 149 Å². The smallest absolute Gasteiger partial charge is 0.0469 e. The van der Waals surface area contributed by atoms with E-state index in [-0.39, 0.29) is 24.8 Å². The van der Waals surface area contributed by atoms with E-state index in [1.54, 1.807) is 0 Å². The summed E-state index contributed by atoms with van der Waals surface area (Å²) in [5.74, 6) is 0. The Labute approximate surface area is 251 Å². The zero-order chi connectivity index (χ0) is 25.5. The maximum Gasteiger partial charge on any atom is -0.0469 e. The summed E-state index contributed by atoms with van der Waals surface area (Å²) in [4.78, 5) is 0. The second-order valence-electron chi connectivity index (χ2n) is 9.44. The fourth-order valence-electron chi connectivity index (χ4n) is 4.21. The van der Waals surface area contributed by atoms with Crippen molar-refractivity contribution in [3.63, 3.8) is 0 Å². The monoisotopic (exact) mass is 570 g/mol. The average molecular weight is 571 g/mol. The van der Waals surface area contributed by atoms with Gasteiger partial charge in [0.2, 0.25) is 0 Å². The molecule has 0 heterocycles. The summed E-state index contributed by atoms with van der Waals surface area (Å²) in [5, 5.41) is 5.46. The van der Waals surface area contributed by atoms with Crippen molar-refractivity contribution >= 4 is 25.4 Å². The standard InChI is InChI=1S/C15H13.C15H14.C5H5.2ClH.Ti/c1-10-3-5-14-12(7-10)9-13-8-11(2)4-6-15(13)14;1-12-3-7-14(8-4-12)11-15-9-5-13(2)6-10-15;1-2-4-5-3-1;;;/h3-9H,1-2H3;3-10H,1-2H3;1-3H,4H2;2*1H;/q-1;;-1;;;+2/p-2. The van der Waals surface area contributed by atoms with Gasteiger partial charge in [0.05, 0.1) is 0 Å². The molecule has 0 fully saturated rings. The molecule has 0 aliphatic heterocycles. The molecule has 6 rings (SSSR count). The minimum atomic E-state index is 0. The van der Waals surface area contributed by atoms with Crippen LogP contribution < -0.4 is 24.8 Å². The number of fused-ring (bicyclic) bond motifs is 3. The number of rotatable bonds is 2. The van der Waals surface area contributed by atoms with Gasteiger partial charge in [-0.1, -0.05) is 35.4 Å². The Morgan fingerprint density at radius 1 is 0.632 bits per heavy atom. The molecular weight excluding hydrogens is 539 g/mol. The van der Waals surface area contributed by atoms with Crippen LogP contribution in [0.2, 0.25) is 0 Å². The largest absolute Gasteiger partial charge is 1.00 e. The first-order valence-corrected chi connectivity index (χ1v) is 13.2. The summed E-state index contributed by atoms with van der Waals surface area (Å²) in [6.07, 6.45) is 10.0. The molecule has 0 aromatic heterocycles. The summed E-state index contributed by atoms with van der Waals surface area (Å²) in [7, 11) is 0. The average Bonchev–Trinajstić information content (AvgIpc) is 3.56. The molecule has 0 saturated carbocycles. The molecule has 38 heavy (non-hydrogen) atoms. The number of hydrogen-bond acceptors (Lipinski definition) is 0. The number of hydrogen-bond donors (Lipinski definition) is 0. The molecule has 0 saturated heterocycles. The molecule has 1 aliphatic carbocycles. The van der Waals surface area contributed by atoms with E-state index in [1.807, 2.05) is 12.2 Å². The topological polar surface area (TPSA) is 0 Å². The Morgan fingerprint density at radius 2 is 1.05 bits per heavy atom. The van der Waals surface area contributed by atoms with E-state index in [0.29, 0.717) is 0 Å². The molecule has 192 valence electrons. The van der Waals surface area contributed by atoms with Gasteiger partial charge in [-0.3, -0.25) is 6.08 Å². The molecule has 0 unspecified atom stereocenters. The van der Waals surface area contributed by atoms with Crippen LogP contribution in [0.15, 0.2) is 109 Å². The van der Waals surface area contributed by atoms with E-state index >= 15 is 0 Å². The van der Waals surface area contributed by atoms with Gasteiger partial charge in [-0.25, -0.2) is 12.2 Å². The summed E-state index contributed by atoms with van der Waals surface area (Å²) < 4.78 is 1.33. The first kappa shape index (κ1) is 31.6. The molecule has 5 aromatic carbocycles. The van der Waals surface area contributed by atoms with Gasteiger partial charge >= 0.3 is 108 Å². The zero-order valence-electron chi connectivity index (χ0n) is 22.4. The summed E-state index contributed by atoms with van der Waals surface area (Å²) >= 11 is 2.18. The first-order chi connectivity index (χ1) is 17.4. The van der Waals surface area contributed by atoms with Crippen LogP contribution in [0.5, 0.6) is 0 Å². The van der Waals surface area contributed by atoms with E-state index in [9.17, 15) is 0 Å². The van der Waals surface area contributed by atoms with Gasteiger partial charge in [-0.2, -0.15) is 6.08 Å². The van der Waals surface area contributed by atoms with Gasteiger partial charge in [-0.05, 0) is 13.8 Å². The van der Waals surface area contributed by atoms with Crippen molar-refractivity contribution in [1.82, 2.24) is 0 Å². The molecule has 0 radical (unpaired) electrons. The molecule has 0 bridgehead atoms. The van der Waals surface area contributed by atoms with Crippen LogP contribution in [0.4, 0.5) is 0 Å². The van der Waals surface area contributed by atoms with Crippen molar-refractivity contribution in [2.75, 3.05) is 0 Å². The number of allylic oxidation sites excluding steroid dienone is 4. The first-order valence-electron chi connectivity index (χ1n) is 12.4. The molecule has 0 nitrogen and oxygen atoms in total. The maximum absolute atomic E-state index is 2.99. The van der Waals surface area contributed by atoms with Crippen LogP contribution in [-0.4, -0.2) is 3.81 Å². The quantitative estimate of drug-likeness (QED) is 0.226. The van der Waals surface area contributed by atoms with Crippen LogP contribution in [-0.2, 0) is 20.0 Å². The van der Waals surface area contributed by atoms with E-state index in [2.05, 4.69) is 151 Å². The summed E-state index contributed by atoms with van der Waals surface area (Å²) in [6, 6.07) is 33.0. The predicted octanol–water partition coefficient (Wildman–Crippen LogP) is 3.06. The molecule has 0 amide bonds. The van der Waals surface area contributed by atoms with Gasteiger partial charge in [0.15, 0.2) is 0 Å². The second kappa shape index (κ2) is 15.1. The SMILES string of the molecule is Cc1ccc([C](=[Ti+2])c2ccc(C)cc2)cc1.Cc1ccc2c(c1)[cH-]c1cc(C)ccc12.[C-]1=CC=CC1.[Cl-].[Cl-]. The molecule has 1 aliphatic rings. The third kappa shape index (κ3) is 8.45. The third-order valence-corrected chi connectivity index (χ3v) is 7.18. The summed E-state index contributed by atoms with van der Waals surface area (Å²) in [5.41, 5.74) is 7.87. The Balaban J connectivity index is 0.000000216. The normalized spacial score (nSPS) is 11.1. The third-order valence-electron chi connectivity index (χ3n) is 6.28. The van der Waals surface area contributed by atoms with E-state index in [4.69, 9.17) is 0 Å². The molecular formula is C35H32Cl2Ti-2. The van der Waals surface area contributed by atoms with Gasteiger partial charge in [0.1, 0.15) is 0 Å². The van der Waals surface area contributed by atoms with Crippen molar-refractivity contribution in [2.45, 2.75) is 34.1 Å². The molecule has 0 atom stereocenters. The minimum absolute atomic E-state index is 0. The molecule has 5 aromatic rings. The van der Waals surface area contributed by atoms with Crippen LogP contribution >= 0.6 is 0 Å². The van der Waals surface area contributed by atoms with E-state index < -0.39 is 0 Å². The van der Waals surface area contributed by atoms with Crippen molar-refractivity contribution in [3.8, 4) is 0 Å². The van der Waals surface area contributed by atoms with Crippen molar-refractivity contribution in [1.29, 1.82) is 0 Å². The second-order valence-corrected chi connectivity index (χ2v) is 10.2.